The molecule has 0 aromatic heterocycles. The van der Waals surface area contributed by atoms with E-state index in [1.807, 2.05) is 6.92 Å². The van der Waals surface area contributed by atoms with E-state index in [4.69, 9.17) is 9.47 Å². The van der Waals surface area contributed by atoms with E-state index < -0.39 is 10.0 Å². The van der Waals surface area contributed by atoms with E-state index in [1.54, 1.807) is 57.5 Å². The van der Waals surface area contributed by atoms with Gasteiger partial charge in [-0.25, -0.2) is 8.42 Å². The lowest BCUT2D eigenvalue weighted by Crippen LogP contribution is -2.28. The number of benzene rings is 2. The normalized spacial score (nSPS) is 12.2. The number of carbonyl (C=O) groups excluding carboxylic acids is 1. The first-order valence-electron chi connectivity index (χ1n) is 8.26. The summed E-state index contributed by atoms with van der Waals surface area (Å²) in [5, 5.41) is 2.92. The SMILES string of the molecule is COc1ccc(OC)c([C@@H](C)NC(=O)c2cccc(NS(C)(=O)=O)c2C)c1. The van der Waals surface area contributed by atoms with Crippen LogP contribution in [0.4, 0.5) is 5.69 Å². The molecule has 0 aliphatic carbocycles. The molecule has 0 aliphatic heterocycles. The molecular formula is C19H24N2O5S. The molecule has 146 valence electrons. The minimum Gasteiger partial charge on any atom is -0.497 e. The Kier molecular flexibility index (Phi) is 6.32. The molecule has 7 nitrogen and oxygen atoms in total. The summed E-state index contributed by atoms with van der Waals surface area (Å²) >= 11 is 0. The van der Waals surface area contributed by atoms with Gasteiger partial charge in [-0.1, -0.05) is 6.07 Å². The highest BCUT2D eigenvalue weighted by Crippen LogP contribution is 2.29. The molecule has 1 atom stereocenters. The molecule has 8 heteroatoms. The van der Waals surface area contributed by atoms with Gasteiger partial charge in [0.15, 0.2) is 0 Å². The van der Waals surface area contributed by atoms with Gasteiger partial charge < -0.3 is 14.8 Å². The van der Waals surface area contributed by atoms with E-state index >= 15 is 0 Å². The predicted molar refractivity (Wildman–Crippen MR) is 105 cm³/mol. The lowest BCUT2D eigenvalue weighted by atomic mass is 10.0. The van der Waals surface area contributed by atoms with E-state index in [9.17, 15) is 13.2 Å². The molecule has 0 heterocycles. The second-order valence-electron chi connectivity index (χ2n) is 6.16. The Balaban J connectivity index is 2.29. The monoisotopic (exact) mass is 392 g/mol. The van der Waals surface area contributed by atoms with Crippen molar-refractivity contribution in [3.63, 3.8) is 0 Å². The van der Waals surface area contributed by atoms with Gasteiger partial charge in [0.05, 0.1) is 32.2 Å². The predicted octanol–water partition coefficient (Wildman–Crippen LogP) is 2.87. The minimum atomic E-state index is -3.44. The Bertz CT molecular complexity index is 941. The third kappa shape index (κ3) is 5.13. The highest BCUT2D eigenvalue weighted by molar-refractivity contribution is 7.92. The molecule has 2 N–H and O–H groups in total. The number of rotatable bonds is 7. The van der Waals surface area contributed by atoms with Crippen LogP contribution in [0.15, 0.2) is 36.4 Å². The summed E-state index contributed by atoms with van der Waals surface area (Å²) in [5.41, 5.74) is 2.08. The van der Waals surface area contributed by atoms with Crippen molar-refractivity contribution in [3.8, 4) is 11.5 Å². The van der Waals surface area contributed by atoms with Crippen LogP contribution in [0.3, 0.4) is 0 Å². The molecule has 0 aliphatic rings. The van der Waals surface area contributed by atoms with Crippen molar-refractivity contribution in [2.24, 2.45) is 0 Å². The second-order valence-corrected chi connectivity index (χ2v) is 7.90. The topological polar surface area (TPSA) is 93.7 Å². The van der Waals surface area contributed by atoms with Gasteiger partial charge in [0.1, 0.15) is 11.5 Å². The fourth-order valence-electron chi connectivity index (χ4n) is 2.72. The number of nitrogens with one attached hydrogen (secondary N) is 2. The van der Waals surface area contributed by atoms with E-state index in [2.05, 4.69) is 10.0 Å². The maximum Gasteiger partial charge on any atom is 0.252 e. The van der Waals surface area contributed by atoms with Gasteiger partial charge in [0, 0.05) is 11.1 Å². The maximum atomic E-state index is 12.8. The van der Waals surface area contributed by atoms with Crippen LogP contribution in [-0.4, -0.2) is 34.8 Å². The van der Waals surface area contributed by atoms with Gasteiger partial charge in [-0.2, -0.15) is 0 Å². The fourth-order valence-corrected chi connectivity index (χ4v) is 3.34. The van der Waals surface area contributed by atoms with Crippen LogP contribution in [0.5, 0.6) is 11.5 Å². The van der Waals surface area contributed by atoms with Gasteiger partial charge in [-0.15, -0.1) is 0 Å². The summed E-state index contributed by atoms with van der Waals surface area (Å²) in [5.74, 6) is 0.970. The van der Waals surface area contributed by atoms with E-state index in [-0.39, 0.29) is 11.9 Å². The molecule has 0 saturated carbocycles. The van der Waals surface area contributed by atoms with Crippen LogP contribution < -0.4 is 19.5 Å². The van der Waals surface area contributed by atoms with Crippen LogP contribution in [0.2, 0.25) is 0 Å². The van der Waals surface area contributed by atoms with Crippen LogP contribution in [0.25, 0.3) is 0 Å². The zero-order valence-corrected chi connectivity index (χ0v) is 16.8. The average molecular weight is 392 g/mol. The molecule has 0 saturated heterocycles. The Labute approximate surface area is 159 Å². The summed E-state index contributed by atoms with van der Waals surface area (Å²) in [6, 6.07) is 9.90. The number of hydrogen-bond donors (Lipinski definition) is 2. The standard InChI is InChI=1S/C19H24N2O5S/c1-12-15(7-6-8-17(12)21-27(5,23)24)19(22)20-13(2)16-11-14(25-3)9-10-18(16)26-4/h6-11,13,21H,1-5H3,(H,20,22)/t13-/m1/s1. The molecule has 1 amide bonds. The average Bonchev–Trinajstić information content (AvgIpc) is 2.61. The zero-order chi connectivity index (χ0) is 20.2. The van der Waals surface area contributed by atoms with Gasteiger partial charge in [0.2, 0.25) is 10.0 Å². The molecular weight excluding hydrogens is 368 g/mol. The van der Waals surface area contributed by atoms with Crippen LogP contribution in [0, 0.1) is 6.92 Å². The van der Waals surface area contributed by atoms with E-state index in [1.165, 1.54) is 0 Å². The molecule has 27 heavy (non-hydrogen) atoms. The molecule has 0 unspecified atom stereocenters. The molecule has 0 radical (unpaired) electrons. The first-order valence-corrected chi connectivity index (χ1v) is 10.2. The van der Waals surface area contributed by atoms with Crippen LogP contribution in [-0.2, 0) is 10.0 Å². The highest BCUT2D eigenvalue weighted by atomic mass is 32.2. The van der Waals surface area contributed by atoms with Crippen molar-refractivity contribution in [1.29, 1.82) is 0 Å². The first kappa shape index (κ1) is 20.6. The number of methoxy groups -OCH3 is 2. The third-order valence-electron chi connectivity index (χ3n) is 4.12. The molecule has 0 fully saturated rings. The highest BCUT2D eigenvalue weighted by Gasteiger charge is 2.19. The quantitative estimate of drug-likeness (QED) is 0.756. The first-order chi connectivity index (χ1) is 12.7. The number of ether oxygens (including phenoxy) is 2. The lowest BCUT2D eigenvalue weighted by molar-refractivity contribution is 0.0939. The van der Waals surface area contributed by atoms with Crippen molar-refractivity contribution in [2.45, 2.75) is 19.9 Å². The summed E-state index contributed by atoms with van der Waals surface area (Å²) in [6.07, 6.45) is 1.07. The van der Waals surface area contributed by atoms with Gasteiger partial charge in [0.25, 0.3) is 5.91 Å². The summed E-state index contributed by atoms with van der Waals surface area (Å²) in [6.45, 7) is 3.53. The van der Waals surface area contributed by atoms with E-state index in [0.29, 0.717) is 28.3 Å². The summed E-state index contributed by atoms with van der Waals surface area (Å²) in [7, 11) is -0.309. The van der Waals surface area contributed by atoms with E-state index in [0.717, 1.165) is 11.8 Å². The van der Waals surface area contributed by atoms with Crippen molar-refractivity contribution < 1.29 is 22.7 Å². The smallest absolute Gasteiger partial charge is 0.252 e. The Hall–Kier alpha value is -2.74. The largest absolute Gasteiger partial charge is 0.497 e. The Morgan fingerprint density at radius 2 is 1.81 bits per heavy atom. The molecule has 2 aromatic carbocycles. The van der Waals surface area contributed by atoms with Gasteiger partial charge >= 0.3 is 0 Å². The molecule has 0 bridgehead atoms. The van der Waals surface area contributed by atoms with Crippen LogP contribution in [0.1, 0.15) is 34.5 Å². The lowest BCUT2D eigenvalue weighted by Gasteiger charge is -2.19. The molecule has 0 spiro atoms. The number of carbonyl (C=O) groups is 1. The van der Waals surface area contributed by atoms with Crippen molar-refractivity contribution in [1.82, 2.24) is 5.32 Å². The number of hydrogen-bond acceptors (Lipinski definition) is 5. The number of amides is 1. The molecule has 2 rings (SSSR count). The Morgan fingerprint density at radius 1 is 1.11 bits per heavy atom. The zero-order valence-electron chi connectivity index (χ0n) is 16.0. The van der Waals surface area contributed by atoms with Crippen molar-refractivity contribution >= 4 is 21.6 Å². The summed E-state index contributed by atoms with van der Waals surface area (Å²) < 4.78 is 36.0. The fraction of sp³-hybridized carbons (Fsp3) is 0.316. The maximum absolute atomic E-state index is 12.8. The van der Waals surface area contributed by atoms with Crippen molar-refractivity contribution in [2.75, 3.05) is 25.2 Å². The van der Waals surface area contributed by atoms with Crippen molar-refractivity contribution in [3.05, 3.63) is 53.1 Å². The number of sulfonamides is 1. The molecule has 2 aromatic rings. The second kappa shape index (κ2) is 8.30. The third-order valence-corrected chi connectivity index (χ3v) is 4.72. The Morgan fingerprint density at radius 3 is 2.41 bits per heavy atom. The minimum absolute atomic E-state index is 0.318. The number of anilines is 1. The van der Waals surface area contributed by atoms with Gasteiger partial charge in [-0.05, 0) is 49.7 Å². The van der Waals surface area contributed by atoms with Gasteiger partial charge in [-0.3, -0.25) is 9.52 Å². The van der Waals surface area contributed by atoms with Crippen LogP contribution >= 0.6 is 0 Å². The summed E-state index contributed by atoms with van der Waals surface area (Å²) in [4.78, 5) is 12.8.